The first kappa shape index (κ1) is 19.9. The third-order valence-corrected chi connectivity index (χ3v) is 5.42. The first-order valence-electron chi connectivity index (χ1n) is 10.2. The SMILES string of the molecule is CC(C)c1ccc(-n2nc(N3CCN(C(=O)Cn4ccnc4)CC3)ccc2=O)cc1. The van der Waals surface area contributed by atoms with Crippen molar-refractivity contribution in [2.45, 2.75) is 26.3 Å². The number of rotatable bonds is 5. The van der Waals surface area contributed by atoms with E-state index in [9.17, 15) is 9.59 Å². The van der Waals surface area contributed by atoms with Crippen molar-refractivity contribution in [2.24, 2.45) is 0 Å². The molecule has 1 amide bonds. The van der Waals surface area contributed by atoms with Gasteiger partial charge in [-0.05, 0) is 29.7 Å². The summed E-state index contributed by atoms with van der Waals surface area (Å²) in [6, 6.07) is 11.2. The zero-order valence-electron chi connectivity index (χ0n) is 17.3. The van der Waals surface area contributed by atoms with E-state index in [0.29, 0.717) is 38.6 Å². The minimum Gasteiger partial charge on any atom is -0.352 e. The van der Waals surface area contributed by atoms with Crippen LogP contribution in [0.5, 0.6) is 0 Å². The lowest BCUT2D eigenvalue weighted by atomic mass is 10.0. The fourth-order valence-corrected chi connectivity index (χ4v) is 3.58. The van der Waals surface area contributed by atoms with Gasteiger partial charge in [-0.25, -0.2) is 4.98 Å². The Morgan fingerprint density at radius 3 is 2.40 bits per heavy atom. The number of hydrogen-bond acceptors (Lipinski definition) is 5. The standard InChI is InChI=1S/C22H26N6O2/c1-17(2)18-3-5-19(6-4-18)28-21(29)8-7-20(24-28)26-11-13-27(14-12-26)22(30)15-25-10-9-23-16-25/h3-10,16-17H,11-15H2,1-2H3. The zero-order valence-corrected chi connectivity index (χ0v) is 17.3. The number of anilines is 1. The van der Waals surface area contributed by atoms with Gasteiger partial charge in [-0.2, -0.15) is 4.68 Å². The van der Waals surface area contributed by atoms with Gasteiger partial charge in [-0.15, -0.1) is 5.10 Å². The molecule has 1 saturated heterocycles. The second kappa shape index (κ2) is 8.52. The fraction of sp³-hybridized carbons (Fsp3) is 0.364. The molecule has 4 rings (SSSR count). The summed E-state index contributed by atoms with van der Waals surface area (Å²) >= 11 is 0. The third-order valence-electron chi connectivity index (χ3n) is 5.42. The molecular weight excluding hydrogens is 380 g/mol. The number of piperazine rings is 1. The molecule has 1 aliphatic rings. The van der Waals surface area contributed by atoms with Gasteiger partial charge in [0.25, 0.3) is 5.56 Å². The molecule has 8 nitrogen and oxygen atoms in total. The molecule has 0 bridgehead atoms. The third kappa shape index (κ3) is 4.27. The van der Waals surface area contributed by atoms with E-state index in [1.54, 1.807) is 35.4 Å². The van der Waals surface area contributed by atoms with Crippen LogP contribution in [0.15, 0.2) is 59.9 Å². The molecule has 3 heterocycles. The number of benzene rings is 1. The van der Waals surface area contributed by atoms with Crippen LogP contribution >= 0.6 is 0 Å². The van der Waals surface area contributed by atoms with E-state index < -0.39 is 0 Å². The molecule has 1 fully saturated rings. The molecule has 1 aromatic carbocycles. The summed E-state index contributed by atoms with van der Waals surface area (Å²) in [5.74, 6) is 1.25. The number of amides is 1. The van der Waals surface area contributed by atoms with E-state index in [1.807, 2.05) is 29.2 Å². The highest BCUT2D eigenvalue weighted by atomic mass is 16.2. The van der Waals surface area contributed by atoms with Crippen LogP contribution in [0.25, 0.3) is 5.69 Å². The van der Waals surface area contributed by atoms with Crippen molar-refractivity contribution < 1.29 is 4.79 Å². The Labute approximate surface area is 175 Å². The van der Waals surface area contributed by atoms with Crippen LogP contribution in [0, 0.1) is 0 Å². The van der Waals surface area contributed by atoms with Gasteiger partial charge in [0.15, 0.2) is 0 Å². The van der Waals surface area contributed by atoms with Crippen molar-refractivity contribution in [3.8, 4) is 5.69 Å². The van der Waals surface area contributed by atoms with Crippen LogP contribution in [-0.4, -0.2) is 56.3 Å². The van der Waals surface area contributed by atoms with Crippen LogP contribution in [-0.2, 0) is 11.3 Å². The van der Waals surface area contributed by atoms with Crippen molar-refractivity contribution in [3.63, 3.8) is 0 Å². The molecule has 0 spiro atoms. The highest BCUT2D eigenvalue weighted by molar-refractivity contribution is 5.76. The highest BCUT2D eigenvalue weighted by Crippen LogP contribution is 2.17. The molecule has 0 radical (unpaired) electrons. The summed E-state index contributed by atoms with van der Waals surface area (Å²) in [6.45, 7) is 7.17. The fourth-order valence-electron chi connectivity index (χ4n) is 3.58. The maximum absolute atomic E-state index is 12.5. The smallest absolute Gasteiger partial charge is 0.271 e. The Morgan fingerprint density at radius 1 is 1.03 bits per heavy atom. The van der Waals surface area contributed by atoms with Gasteiger partial charge in [0.1, 0.15) is 12.4 Å². The van der Waals surface area contributed by atoms with E-state index in [1.165, 1.54) is 10.2 Å². The van der Waals surface area contributed by atoms with Gasteiger partial charge in [-0.3, -0.25) is 9.59 Å². The molecule has 30 heavy (non-hydrogen) atoms. The van der Waals surface area contributed by atoms with Crippen LogP contribution in [0.3, 0.4) is 0 Å². The summed E-state index contributed by atoms with van der Waals surface area (Å²) in [5.41, 5.74) is 1.81. The van der Waals surface area contributed by atoms with Gasteiger partial charge >= 0.3 is 0 Å². The van der Waals surface area contributed by atoms with Crippen molar-refractivity contribution in [2.75, 3.05) is 31.1 Å². The van der Waals surface area contributed by atoms with Gasteiger partial charge in [0.05, 0.1) is 12.0 Å². The van der Waals surface area contributed by atoms with E-state index in [2.05, 4.69) is 28.8 Å². The first-order valence-corrected chi connectivity index (χ1v) is 10.2. The second-order valence-corrected chi connectivity index (χ2v) is 7.79. The van der Waals surface area contributed by atoms with E-state index in [0.717, 1.165) is 11.5 Å². The normalized spacial score (nSPS) is 14.4. The number of imidazole rings is 1. The molecule has 8 heteroatoms. The van der Waals surface area contributed by atoms with E-state index >= 15 is 0 Å². The number of hydrogen-bond donors (Lipinski definition) is 0. The summed E-state index contributed by atoms with van der Waals surface area (Å²) in [4.78, 5) is 32.8. The van der Waals surface area contributed by atoms with E-state index in [-0.39, 0.29) is 11.5 Å². The molecule has 0 saturated carbocycles. The molecule has 0 atom stereocenters. The molecule has 2 aromatic heterocycles. The Kier molecular flexibility index (Phi) is 5.65. The molecule has 3 aromatic rings. The van der Waals surface area contributed by atoms with Gasteiger partial charge in [0.2, 0.25) is 5.91 Å². The quantitative estimate of drug-likeness (QED) is 0.647. The molecule has 156 valence electrons. The Bertz CT molecular complexity index is 1050. The summed E-state index contributed by atoms with van der Waals surface area (Å²) in [7, 11) is 0. The van der Waals surface area contributed by atoms with Gasteiger partial charge in [-0.1, -0.05) is 26.0 Å². The lowest BCUT2D eigenvalue weighted by Gasteiger charge is -2.35. The summed E-state index contributed by atoms with van der Waals surface area (Å²) < 4.78 is 3.22. The monoisotopic (exact) mass is 406 g/mol. The van der Waals surface area contributed by atoms with Crippen LogP contribution in [0.4, 0.5) is 5.82 Å². The molecular formula is C22H26N6O2. The predicted octanol–water partition coefficient (Wildman–Crippen LogP) is 1.90. The minimum absolute atomic E-state index is 0.0795. The highest BCUT2D eigenvalue weighted by Gasteiger charge is 2.22. The second-order valence-electron chi connectivity index (χ2n) is 7.79. The number of carbonyl (C=O) groups excluding carboxylic acids is 1. The Hall–Kier alpha value is -3.42. The number of nitrogens with zero attached hydrogens (tertiary/aromatic N) is 6. The van der Waals surface area contributed by atoms with E-state index in [4.69, 9.17) is 0 Å². The number of carbonyl (C=O) groups is 1. The van der Waals surface area contributed by atoms with Crippen molar-refractivity contribution >= 4 is 11.7 Å². The molecule has 0 unspecified atom stereocenters. The average molecular weight is 406 g/mol. The Balaban J connectivity index is 1.44. The van der Waals surface area contributed by atoms with Crippen LogP contribution in [0.2, 0.25) is 0 Å². The van der Waals surface area contributed by atoms with Gasteiger partial charge < -0.3 is 14.4 Å². The van der Waals surface area contributed by atoms with Crippen molar-refractivity contribution in [3.05, 3.63) is 71.0 Å². The lowest BCUT2D eigenvalue weighted by molar-refractivity contribution is -0.132. The summed E-state index contributed by atoms with van der Waals surface area (Å²) in [6.07, 6.45) is 5.10. The molecule has 0 aliphatic carbocycles. The average Bonchev–Trinajstić information content (AvgIpc) is 3.27. The molecule has 1 aliphatic heterocycles. The van der Waals surface area contributed by atoms with Crippen LogP contribution < -0.4 is 10.5 Å². The molecule has 0 N–H and O–H groups in total. The van der Waals surface area contributed by atoms with Crippen LogP contribution in [0.1, 0.15) is 25.3 Å². The summed E-state index contributed by atoms with van der Waals surface area (Å²) in [5, 5.41) is 4.59. The maximum Gasteiger partial charge on any atom is 0.271 e. The minimum atomic E-state index is -0.162. The van der Waals surface area contributed by atoms with Crippen molar-refractivity contribution in [1.29, 1.82) is 0 Å². The topological polar surface area (TPSA) is 76.3 Å². The first-order chi connectivity index (χ1) is 14.5. The Morgan fingerprint density at radius 2 is 1.77 bits per heavy atom. The lowest BCUT2D eigenvalue weighted by Crippen LogP contribution is -2.50. The predicted molar refractivity (Wildman–Crippen MR) is 115 cm³/mol. The van der Waals surface area contributed by atoms with Crippen molar-refractivity contribution in [1.82, 2.24) is 24.2 Å². The maximum atomic E-state index is 12.5. The van der Waals surface area contributed by atoms with Gasteiger partial charge in [0, 0.05) is 44.6 Å². The zero-order chi connectivity index (χ0) is 21.1. The number of aromatic nitrogens is 4. The largest absolute Gasteiger partial charge is 0.352 e.